The molecule has 0 spiro atoms. The maximum Gasteiger partial charge on any atom is 0.191 e. The van der Waals surface area contributed by atoms with E-state index < -0.39 is 9.84 Å². The van der Waals surface area contributed by atoms with E-state index >= 15 is 0 Å². The summed E-state index contributed by atoms with van der Waals surface area (Å²) in [5.74, 6) is 1.41. The van der Waals surface area contributed by atoms with Gasteiger partial charge in [0.2, 0.25) is 0 Å². The van der Waals surface area contributed by atoms with E-state index in [-0.39, 0.29) is 5.75 Å². The standard InChI is InChI=1S/C18H31N3O2S/c1-15(2)9-8-10-16(3)21-18(19-4)20-13-14-24(22,23)17-11-6-5-7-12-17/h5-7,11-12,15-16H,8-10,13-14H2,1-4H3,(H2,19,20,21). The van der Waals surface area contributed by atoms with Crippen molar-refractivity contribution in [3.8, 4) is 0 Å². The highest BCUT2D eigenvalue weighted by molar-refractivity contribution is 7.91. The third kappa shape index (κ3) is 7.81. The van der Waals surface area contributed by atoms with Crippen LogP contribution >= 0.6 is 0 Å². The van der Waals surface area contributed by atoms with Crippen LogP contribution in [0, 0.1) is 5.92 Å². The van der Waals surface area contributed by atoms with Crippen molar-refractivity contribution >= 4 is 15.8 Å². The predicted octanol–water partition coefficient (Wildman–Crippen LogP) is 2.84. The van der Waals surface area contributed by atoms with Crippen LogP contribution in [-0.2, 0) is 9.84 Å². The van der Waals surface area contributed by atoms with Gasteiger partial charge >= 0.3 is 0 Å². The van der Waals surface area contributed by atoms with Crippen LogP contribution < -0.4 is 10.6 Å². The van der Waals surface area contributed by atoms with Crippen molar-refractivity contribution in [2.75, 3.05) is 19.3 Å². The zero-order chi connectivity index (χ0) is 18.0. The summed E-state index contributed by atoms with van der Waals surface area (Å²) in [6, 6.07) is 8.84. The van der Waals surface area contributed by atoms with Crippen LogP contribution in [-0.4, -0.2) is 39.8 Å². The molecule has 5 nitrogen and oxygen atoms in total. The molecular formula is C18H31N3O2S. The molecule has 0 aliphatic rings. The number of aliphatic imine (C=N–C) groups is 1. The van der Waals surface area contributed by atoms with Gasteiger partial charge in [0.25, 0.3) is 0 Å². The first kappa shape index (κ1) is 20.5. The molecule has 0 bridgehead atoms. The van der Waals surface area contributed by atoms with Gasteiger partial charge in [0.1, 0.15) is 0 Å². The van der Waals surface area contributed by atoms with Gasteiger partial charge in [-0.05, 0) is 31.4 Å². The van der Waals surface area contributed by atoms with Gasteiger partial charge in [0.15, 0.2) is 15.8 Å². The summed E-state index contributed by atoms with van der Waals surface area (Å²) >= 11 is 0. The average molecular weight is 354 g/mol. The fourth-order valence-corrected chi connectivity index (χ4v) is 3.56. The number of nitrogens with zero attached hydrogens (tertiary/aromatic N) is 1. The molecule has 0 aliphatic carbocycles. The lowest BCUT2D eigenvalue weighted by atomic mass is 10.0. The van der Waals surface area contributed by atoms with E-state index in [1.54, 1.807) is 31.3 Å². The second-order valence-corrected chi connectivity index (χ2v) is 8.61. The molecule has 0 aromatic heterocycles. The SMILES string of the molecule is CN=C(NCCS(=O)(=O)c1ccccc1)NC(C)CCCC(C)C. The third-order valence-corrected chi connectivity index (χ3v) is 5.52. The summed E-state index contributed by atoms with van der Waals surface area (Å²) in [6.45, 7) is 6.90. The molecule has 0 amide bonds. The van der Waals surface area contributed by atoms with Crippen LogP contribution in [0.1, 0.15) is 40.0 Å². The summed E-state index contributed by atoms with van der Waals surface area (Å²) in [6.07, 6.45) is 3.46. The Morgan fingerprint density at radius 3 is 2.38 bits per heavy atom. The number of benzene rings is 1. The number of hydrogen-bond donors (Lipinski definition) is 2. The fraction of sp³-hybridized carbons (Fsp3) is 0.611. The van der Waals surface area contributed by atoms with Crippen molar-refractivity contribution in [1.29, 1.82) is 0 Å². The molecule has 0 saturated carbocycles. The first-order valence-corrected chi connectivity index (χ1v) is 10.3. The minimum Gasteiger partial charge on any atom is -0.355 e. The summed E-state index contributed by atoms with van der Waals surface area (Å²) in [7, 11) is -1.57. The number of hydrogen-bond acceptors (Lipinski definition) is 3. The highest BCUT2D eigenvalue weighted by Gasteiger charge is 2.14. The Morgan fingerprint density at radius 1 is 1.12 bits per heavy atom. The molecule has 1 aromatic carbocycles. The normalized spacial score (nSPS) is 13.8. The zero-order valence-electron chi connectivity index (χ0n) is 15.2. The quantitative estimate of drug-likeness (QED) is 0.529. The monoisotopic (exact) mass is 353 g/mol. The van der Waals surface area contributed by atoms with Crippen molar-refractivity contribution in [2.24, 2.45) is 10.9 Å². The molecule has 0 aliphatic heterocycles. The molecule has 0 saturated heterocycles. The largest absolute Gasteiger partial charge is 0.355 e. The first-order chi connectivity index (χ1) is 11.3. The van der Waals surface area contributed by atoms with E-state index in [0.717, 1.165) is 12.3 Å². The Hall–Kier alpha value is -1.56. The van der Waals surface area contributed by atoms with E-state index in [2.05, 4.69) is 36.4 Å². The van der Waals surface area contributed by atoms with Crippen molar-refractivity contribution < 1.29 is 8.42 Å². The van der Waals surface area contributed by atoms with Crippen LogP contribution in [0.3, 0.4) is 0 Å². The Morgan fingerprint density at radius 2 is 1.79 bits per heavy atom. The Balaban J connectivity index is 2.39. The lowest BCUT2D eigenvalue weighted by Crippen LogP contribution is -2.43. The molecule has 0 radical (unpaired) electrons. The van der Waals surface area contributed by atoms with Gasteiger partial charge < -0.3 is 10.6 Å². The second kappa shape index (κ2) is 10.3. The minimum absolute atomic E-state index is 0.0411. The van der Waals surface area contributed by atoms with E-state index in [4.69, 9.17) is 0 Å². The molecule has 1 rings (SSSR count). The third-order valence-electron chi connectivity index (χ3n) is 3.79. The van der Waals surface area contributed by atoms with Crippen molar-refractivity contribution in [2.45, 2.75) is 51.0 Å². The molecule has 1 unspecified atom stereocenters. The molecule has 1 aromatic rings. The van der Waals surface area contributed by atoms with Crippen molar-refractivity contribution in [1.82, 2.24) is 10.6 Å². The van der Waals surface area contributed by atoms with Gasteiger partial charge in [-0.2, -0.15) is 0 Å². The first-order valence-electron chi connectivity index (χ1n) is 8.60. The molecule has 0 heterocycles. The smallest absolute Gasteiger partial charge is 0.191 e. The van der Waals surface area contributed by atoms with Crippen LogP contribution in [0.4, 0.5) is 0 Å². The van der Waals surface area contributed by atoms with Gasteiger partial charge in [-0.1, -0.05) is 44.9 Å². The average Bonchev–Trinajstić information content (AvgIpc) is 2.54. The highest BCUT2D eigenvalue weighted by atomic mass is 32.2. The minimum atomic E-state index is -3.26. The van der Waals surface area contributed by atoms with Gasteiger partial charge in [0, 0.05) is 19.6 Å². The number of rotatable bonds is 9. The van der Waals surface area contributed by atoms with E-state index in [1.807, 2.05) is 6.07 Å². The van der Waals surface area contributed by atoms with Gasteiger partial charge in [0.05, 0.1) is 10.6 Å². The molecule has 1 atom stereocenters. The summed E-state index contributed by atoms with van der Waals surface area (Å²) < 4.78 is 24.5. The number of guanidine groups is 1. The van der Waals surface area contributed by atoms with Crippen molar-refractivity contribution in [3.63, 3.8) is 0 Å². The lowest BCUT2D eigenvalue weighted by Gasteiger charge is -2.18. The Labute approximate surface area is 146 Å². The summed E-state index contributed by atoms with van der Waals surface area (Å²) in [4.78, 5) is 4.52. The van der Waals surface area contributed by atoms with E-state index in [1.165, 1.54) is 12.8 Å². The number of sulfone groups is 1. The molecule has 24 heavy (non-hydrogen) atoms. The fourth-order valence-electron chi connectivity index (χ4n) is 2.38. The van der Waals surface area contributed by atoms with Gasteiger partial charge in [-0.3, -0.25) is 4.99 Å². The Kier molecular flexibility index (Phi) is 8.82. The molecule has 136 valence electrons. The molecule has 6 heteroatoms. The van der Waals surface area contributed by atoms with Crippen LogP contribution in [0.2, 0.25) is 0 Å². The second-order valence-electron chi connectivity index (χ2n) is 6.50. The van der Waals surface area contributed by atoms with E-state index in [0.29, 0.717) is 23.4 Å². The van der Waals surface area contributed by atoms with Crippen molar-refractivity contribution in [3.05, 3.63) is 30.3 Å². The molecule has 2 N–H and O–H groups in total. The van der Waals surface area contributed by atoms with Crippen LogP contribution in [0.5, 0.6) is 0 Å². The zero-order valence-corrected chi connectivity index (χ0v) is 16.1. The van der Waals surface area contributed by atoms with Gasteiger partial charge in [-0.15, -0.1) is 0 Å². The number of nitrogens with one attached hydrogen (secondary N) is 2. The van der Waals surface area contributed by atoms with Crippen LogP contribution in [0.15, 0.2) is 40.2 Å². The maximum atomic E-state index is 12.2. The summed E-state index contributed by atoms with van der Waals surface area (Å²) in [5, 5.41) is 6.40. The van der Waals surface area contributed by atoms with Crippen LogP contribution in [0.25, 0.3) is 0 Å². The predicted molar refractivity (Wildman–Crippen MR) is 101 cm³/mol. The Bertz CT molecular complexity index is 598. The van der Waals surface area contributed by atoms with Gasteiger partial charge in [-0.25, -0.2) is 8.42 Å². The summed E-state index contributed by atoms with van der Waals surface area (Å²) in [5.41, 5.74) is 0. The highest BCUT2D eigenvalue weighted by Crippen LogP contribution is 2.09. The lowest BCUT2D eigenvalue weighted by molar-refractivity contribution is 0.491. The van der Waals surface area contributed by atoms with E-state index in [9.17, 15) is 8.42 Å². The molecular weight excluding hydrogens is 322 g/mol. The topological polar surface area (TPSA) is 70.6 Å². The molecule has 0 fully saturated rings. The maximum absolute atomic E-state index is 12.2.